The van der Waals surface area contributed by atoms with Gasteiger partial charge in [-0.3, -0.25) is 9.78 Å². The van der Waals surface area contributed by atoms with Crippen molar-refractivity contribution in [3.05, 3.63) is 30.1 Å². The monoisotopic (exact) mass is 569 g/mol. The van der Waals surface area contributed by atoms with Crippen LogP contribution in [0, 0.1) is 0 Å². The van der Waals surface area contributed by atoms with Crippen LogP contribution in [0.1, 0.15) is 77.6 Å². The Morgan fingerprint density at radius 1 is 0.927 bits per heavy atom. The van der Waals surface area contributed by atoms with Crippen LogP contribution < -0.4 is 21.3 Å². The topological polar surface area (TPSA) is 149 Å². The van der Waals surface area contributed by atoms with Gasteiger partial charge in [-0.15, -0.1) is 0 Å². The van der Waals surface area contributed by atoms with Gasteiger partial charge in [0, 0.05) is 37.6 Å². The van der Waals surface area contributed by atoms with Crippen molar-refractivity contribution in [2.75, 3.05) is 43.5 Å². The SMILES string of the molecule is CC(C)(C)OC(=O)N[C@H]1CCCCNc2nc(ncc2-c2ccc(C3OCCO3)cn2)NCCCCCCNC1=O. The lowest BCUT2D eigenvalue weighted by molar-refractivity contribution is -0.123. The Hall–Kier alpha value is -3.51. The van der Waals surface area contributed by atoms with Crippen molar-refractivity contribution in [1.82, 2.24) is 25.6 Å². The molecule has 4 heterocycles. The molecule has 1 saturated heterocycles. The van der Waals surface area contributed by atoms with Crippen LogP contribution >= 0.6 is 0 Å². The number of fused-ring (bicyclic) bond motifs is 2. The van der Waals surface area contributed by atoms with Gasteiger partial charge in [-0.25, -0.2) is 9.78 Å². The normalized spacial score (nSPS) is 20.1. The molecule has 0 unspecified atom stereocenters. The minimum Gasteiger partial charge on any atom is -0.444 e. The Morgan fingerprint density at radius 2 is 1.63 bits per heavy atom. The van der Waals surface area contributed by atoms with Crippen molar-refractivity contribution in [2.24, 2.45) is 0 Å². The standard InChI is InChI=1S/C29H43N7O5/c1-29(2,3)41-28(38)35-23-10-6-9-13-30-24-21(22-12-11-20(18-33-22)26-39-16-17-40-26)19-34-27(36-24)32-15-8-5-4-7-14-31-25(23)37/h11-12,18-19,23,26H,4-10,13-17H2,1-3H3,(H,31,37)(H,35,38)(H2,30,32,34,36)/t23-/m0/s1. The van der Waals surface area contributed by atoms with E-state index in [1.54, 1.807) is 33.2 Å². The third-order valence-electron chi connectivity index (χ3n) is 6.65. The van der Waals surface area contributed by atoms with Crippen LogP contribution in [0.15, 0.2) is 24.5 Å². The number of nitrogens with one attached hydrogen (secondary N) is 4. The van der Waals surface area contributed by atoms with Gasteiger partial charge in [0.05, 0.1) is 24.5 Å². The Labute approximate surface area is 241 Å². The number of ether oxygens (including phenoxy) is 3. The maximum atomic E-state index is 12.9. The molecule has 2 aromatic heterocycles. The molecule has 1 atom stereocenters. The molecule has 0 spiro atoms. The molecule has 2 aliphatic rings. The average molecular weight is 570 g/mol. The summed E-state index contributed by atoms with van der Waals surface area (Å²) in [6.07, 6.45) is 8.35. The highest BCUT2D eigenvalue weighted by molar-refractivity contribution is 5.85. The van der Waals surface area contributed by atoms with E-state index in [1.165, 1.54) is 0 Å². The Morgan fingerprint density at radius 3 is 2.34 bits per heavy atom. The summed E-state index contributed by atoms with van der Waals surface area (Å²) in [4.78, 5) is 39.2. The second-order valence-corrected chi connectivity index (χ2v) is 11.3. The smallest absolute Gasteiger partial charge is 0.408 e. The fraction of sp³-hybridized carbons (Fsp3) is 0.621. The zero-order valence-electron chi connectivity index (χ0n) is 24.3. The summed E-state index contributed by atoms with van der Waals surface area (Å²) < 4.78 is 16.5. The number of aromatic nitrogens is 3. The second-order valence-electron chi connectivity index (χ2n) is 11.3. The number of hydrogen-bond acceptors (Lipinski definition) is 10. The third-order valence-corrected chi connectivity index (χ3v) is 6.65. The number of carbonyl (C=O) groups excluding carboxylic acids is 2. The molecule has 0 radical (unpaired) electrons. The zero-order chi connectivity index (χ0) is 29.1. The summed E-state index contributed by atoms with van der Waals surface area (Å²) in [7, 11) is 0. The van der Waals surface area contributed by atoms with E-state index in [9.17, 15) is 9.59 Å². The first kappa shape index (κ1) is 30.4. The van der Waals surface area contributed by atoms with Gasteiger partial charge in [0.15, 0.2) is 6.29 Å². The first-order valence-corrected chi connectivity index (χ1v) is 14.6. The summed E-state index contributed by atoms with van der Waals surface area (Å²) >= 11 is 0. The van der Waals surface area contributed by atoms with Crippen LogP contribution in [0.3, 0.4) is 0 Å². The molecule has 224 valence electrons. The van der Waals surface area contributed by atoms with Crippen LogP contribution in [0.4, 0.5) is 16.6 Å². The Kier molecular flexibility index (Phi) is 11.1. The number of carbonyl (C=O) groups is 2. The molecule has 41 heavy (non-hydrogen) atoms. The predicted octanol–water partition coefficient (Wildman–Crippen LogP) is 4.16. The summed E-state index contributed by atoms with van der Waals surface area (Å²) in [5, 5.41) is 12.5. The fourth-order valence-electron chi connectivity index (χ4n) is 4.58. The lowest BCUT2D eigenvalue weighted by Gasteiger charge is -2.23. The number of rotatable bonds is 3. The molecule has 0 saturated carbocycles. The van der Waals surface area contributed by atoms with E-state index in [0.717, 1.165) is 55.5 Å². The molecule has 0 aliphatic carbocycles. The van der Waals surface area contributed by atoms with Crippen LogP contribution in [0.2, 0.25) is 0 Å². The van der Waals surface area contributed by atoms with Gasteiger partial charge in [0.2, 0.25) is 11.9 Å². The van der Waals surface area contributed by atoms with Gasteiger partial charge < -0.3 is 35.5 Å². The molecule has 2 aliphatic heterocycles. The predicted molar refractivity (Wildman–Crippen MR) is 155 cm³/mol. The van der Waals surface area contributed by atoms with Crippen molar-refractivity contribution in [1.29, 1.82) is 0 Å². The first-order chi connectivity index (χ1) is 19.8. The minimum absolute atomic E-state index is 0.183. The van der Waals surface area contributed by atoms with E-state index in [2.05, 4.69) is 31.2 Å². The number of pyridine rings is 1. The Bertz CT molecular complexity index is 1130. The fourth-order valence-corrected chi connectivity index (χ4v) is 4.58. The van der Waals surface area contributed by atoms with Crippen LogP contribution in [-0.4, -0.2) is 71.4 Å². The number of alkyl carbamates (subject to hydrolysis) is 1. The van der Waals surface area contributed by atoms with Crippen molar-refractivity contribution >= 4 is 23.8 Å². The summed E-state index contributed by atoms with van der Waals surface area (Å²) in [6.45, 7) is 8.49. The average Bonchev–Trinajstić information content (AvgIpc) is 3.47. The van der Waals surface area contributed by atoms with Crippen LogP contribution in [-0.2, 0) is 19.0 Å². The van der Waals surface area contributed by atoms with Gasteiger partial charge in [-0.1, -0.05) is 18.9 Å². The Balaban J connectivity index is 1.44. The maximum Gasteiger partial charge on any atom is 0.408 e. The highest BCUT2D eigenvalue weighted by Gasteiger charge is 2.24. The van der Waals surface area contributed by atoms with Crippen LogP contribution in [0.5, 0.6) is 0 Å². The van der Waals surface area contributed by atoms with Crippen LogP contribution in [0.25, 0.3) is 11.3 Å². The molecule has 12 heteroatoms. The molecular formula is C29H43N7O5. The summed E-state index contributed by atoms with van der Waals surface area (Å²) in [5.74, 6) is 1.06. The largest absolute Gasteiger partial charge is 0.444 e. The highest BCUT2D eigenvalue weighted by atomic mass is 16.7. The number of hydrogen-bond donors (Lipinski definition) is 4. The molecule has 12 nitrogen and oxygen atoms in total. The van der Waals surface area contributed by atoms with E-state index in [4.69, 9.17) is 19.2 Å². The van der Waals surface area contributed by atoms with Gasteiger partial charge in [0.25, 0.3) is 0 Å². The van der Waals surface area contributed by atoms with Gasteiger partial charge in [-0.2, -0.15) is 4.98 Å². The van der Waals surface area contributed by atoms with E-state index in [1.807, 2.05) is 12.1 Å². The van der Waals surface area contributed by atoms with Crippen molar-refractivity contribution in [3.63, 3.8) is 0 Å². The van der Waals surface area contributed by atoms with Gasteiger partial charge >= 0.3 is 6.09 Å². The summed E-state index contributed by atoms with van der Waals surface area (Å²) in [6, 6.07) is 3.20. The van der Waals surface area contributed by atoms with Gasteiger partial charge in [-0.05, 0) is 58.9 Å². The minimum atomic E-state index is -0.662. The summed E-state index contributed by atoms with van der Waals surface area (Å²) in [5.41, 5.74) is 1.75. The van der Waals surface area contributed by atoms with E-state index >= 15 is 0 Å². The molecule has 2 aromatic rings. The zero-order valence-corrected chi connectivity index (χ0v) is 24.3. The lowest BCUT2D eigenvalue weighted by Crippen LogP contribution is -2.48. The molecule has 4 N–H and O–H groups in total. The third kappa shape index (κ3) is 9.82. The van der Waals surface area contributed by atoms with Crippen molar-refractivity contribution in [3.8, 4) is 11.3 Å². The van der Waals surface area contributed by atoms with Crippen molar-refractivity contribution < 1.29 is 23.8 Å². The molecule has 4 rings (SSSR count). The second kappa shape index (κ2) is 14.9. The van der Waals surface area contributed by atoms with Gasteiger partial charge in [0.1, 0.15) is 17.5 Å². The maximum absolute atomic E-state index is 12.9. The van der Waals surface area contributed by atoms with E-state index in [-0.39, 0.29) is 12.2 Å². The molecule has 0 aromatic carbocycles. The van der Waals surface area contributed by atoms with E-state index in [0.29, 0.717) is 50.9 Å². The molecular weight excluding hydrogens is 526 g/mol. The molecule has 1 fully saturated rings. The quantitative estimate of drug-likeness (QED) is 0.424. The van der Waals surface area contributed by atoms with Crippen molar-refractivity contribution in [2.45, 2.75) is 83.6 Å². The van der Waals surface area contributed by atoms with E-state index < -0.39 is 17.7 Å². The highest BCUT2D eigenvalue weighted by Crippen LogP contribution is 2.28. The molecule has 2 amide bonds. The number of anilines is 2. The molecule has 2 bridgehead atoms. The first-order valence-electron chi connectivity index (χ1n) is 14.6. The number of nitrogens with zero attached hydrogens (tertiary/aromatic N) is 3. The number of amides is 2. The lowest BCUT2D eigenvalue weighted by atomic mass is 10.1.